The maximum absolute atomic E-state index is 5.38. The van der Waals surface area contributed by atoms with Crippen molar-refractivity contribution >= 4 is 11.3 Å². The SMILES string of the molecule is CC(C)(C)c1ccc(-c2ccccc2CN2CC3(COC3)C2)s1. The van der Waals surface area contributed by atoms with Crippen LogP contribution in [0.15, 0.2) is 36.4 Å². The van der Waals surface area contributed by atoms with E-state index >= 15 is 0 Å². The summed E-state index contributed by atoms with van der Waals surface area (Å²) in [5.74, 6) is 0. The van der Waals surface area contributed by atoms with Gasteiger partial charge in [0.2, 0.25) is 0 Å². The quantitative estimate of drug-likeness (QED) is 0.820. The van der Waals surface area contributed by atoms with Gasteiger partial charge < -0.3 is 4.74 Å². The normalized spacial score (nSPS) is 20.3. The van der Waals surface area contributed by atoms with Crippen LogP contribution in [0.5, 0.6) is 0 Å². The first-order valence-corrected chi connectivity index (χ1v) is 9.26. The first-order chi connectivity index (χ1) is 11.0. The van der Waals surface area contributed by atoms with Crippen LogP contribution in [0.1, 0.15) is 31.2 Å². The smallest absolute Gasteiger partial charge is 0.0569 e. The Bertz CT molecular complexity index is 700. The molecule has 0 amide bonds. The minimum Gasteiger partial charge on any atom is -0.380 e. The number of likely N-dealkylation sites (tertiary alicyclic amines) is 1. The number of thiophene rings is 1. The molecule has 1 aromatic heterocycles. The summed E-state index contributed by atoms with van der Waals surface area (Å²) in [4.78, 5) is 5.41. The summed E-state index contributed by atoms with van der Waals surface area (Å²) >= 11 is 1.94. The lowest BCUT2D eigenvalue weighted by molar-refractivity contribution is -0.191. The Morgan fingerprint density at radius 2 is 1.83 bits per heavy atom. The van der Waals surface area contributed by atoms with E-state index in [1.165, 1.54) is 34.0 Å². The monoisotopic (exact) mass is 327 g/mol. The van der Waals surface area contributed by atoms with Crippen molar-refractivity contribution in [3.8, 4) is 10.4 Å². The minimum atomic E-state index is 0.228. The van der Waals surface area contributed by atoms with Crippen LogP contribution in [0.3, 0.4) is 0 Å². The molecule has 0 atom stereocenters. The molecular formula is C20H25NOS. The summed E-state index contributed by atoms with van der Waals surface area (Å²) in [7, 11) is 0. The van der Waals surface area contributed by atoms with Crippen molar-refractivity contribution in [2.24, 2.45) is 5.41 Å². The zero-order valence-electron chi connectivity index (χ0n) is 14.3. The lowest BCUT2D eigenvalue weighted by Crippen LogP contribution is -2.65. The fraction of sp³-hybridized carbons (Fsp3) is 0.500. The van der Waals surface area contributed by atoms with Gasteiger partial charge in [0.15, 0.2) is 0 Å². The van der Waals surface area contributed by atoms with Gasteiger partial charge in [0, 0.05) is 34.8 Å². The number of nitrogens with zero attached hydrogens (tertiary/aromatic N) is 1. The largest absolute Gasteiger partial charge is 0.380 e. The predicted octanol–water partition coefficient (Wildman–Crippen LogP) is 4.54. The zero-order chi connectivity index (χ0) is 16.1. The maximum Gasteiger partial charge on any atom is 0.0569 e. The molecule has 122 valence electrons. The highest BCUT2D eigenvalue weighted by atomic mass is 32.1. The van der Waals surface area contributed by atoms with Crippen LogP contribution in [0, 0.1) is 5.41 Å². The van der Waals surface area contributed by atoms with Crippen LogP contribution >= 0.6 is 11.3 Å². The summed E-state index contributed by atoms with van der Waals surface area (Å²) in [5, 5.41) is 0. The molecule has 2 aliphatic heterocycles. The third kappa shape index (κ3) is 2.86. The van der Waals surface area contributed by atoms with Crippen molar-refractivity contribution in [2.45, 2.75) is 32.7 Å². The van der Waals surface area contributed by atoms with E-state index < -0.39 is 0 Å². The summed E-state index contributed by atoms with van der Waals surface area (Å²) in [6.07, 6.45) is 0. The van der Waals surface area contributed by atoms with Crippen molar-refractivity contribution in [1.29, 1.82) is 0 Å². The Labute approximate surface area is 143 Å². The molecule has 23 heavy (non-hydrogen) atoms. The number of ether oxygens (including phenoxy) is 1. The highest BCUT2D eigenvalue weighted by Gasteiger charge is 2.48. The minimum absolute atomic E-state index is 0.228. The molecule has 3 heterocycles. The molecule has 2 aliphatic rings. The summed E-state index contributed by atoms with van der Waals surface area (Å²) in [6.45, 7) is 12.2. The summed E-state index contributed by atoms with van der Waals surface area (Å²) < 4.78 is 5.38. The van der Waals surface area contributed by atoms with Crippen molar-refractivity contribution in [3.63, 3.8) is 0 Å². The Kier molecular flexibility index (Phi) is 3.63. The second kappa shape index (κ2) is 5.44. The first-order valence-electron chi connectivity index (χ1n) is 8.44. The second-order valence-corrected chi connectivity index (χ2v) is 9.29. The molecule has 0 unspecified atom stereocenters. The molecule has 2 aromatic rings. The third-order valence-corrected chi connectivity index (χ3v) is 6.50. The standard InChI is InChI=1S/C20H25NOS/c1-19(2,3)18-9-8-17(23-18)16-7-5-4-6-15(16)10-21-11-20(12-21)13-22-14-20/h4-9H,10-14H2,1-3H3. The van der Waals surface area contributed by atoms with Gasteiger partial charge in [-0.15, -0.1) is 11.3 Å². The van der Waals surface area contributed by atoms with Crippen LogP contribution in [-0.4, -0.2) is 31.2 Å². The summed E-state index contributed by atoms with van der Waals surface area (Å²) in [6, 6.07) is 13.5. The molecule has 0 radical (unpaired) electrons. The molecule has 0 aliphatic carbocycles. The molecule has 1 spiro atoms. The Balaban J connectivity index is 1.54. The van der Waals surface area contributed by atoms with Gasteiger partial charge in [-0.25, -0.2) is 0 Å². The van der Waals surface area contributed by atoms with Gasteiger partial charge in [-0.2, -0.15) is 0 Å². The molecule has 0 saturated carbocycles. The van der Waals surface area contributed by atoms with Gasteiger partial charge in [0.05, 0.1) is 13.2 Å². The van der Waals surface area contributed by atoms with Crippen molar-refractivity contribution in [2.75, 3.05) is 26.3 Å². The van der Waals surface area contributed by atoms with Gasteiger partial charge in [0.25, 0.3) is 0 Å². The van der Waals surface area contributed by atoms with E-state index in [4.69, 9.17) is 4.74 Å². The zero-order valence-corrected chi connectivity index (χ0v) is 15.1. The topological polar surface area (TPSA) is 12.5 Å². The van der Waals surface area contributed by atoms with E-state index in [0.717, 1.165) is 19.8 Å². The Morgan fingerprint density at radius 3 is 2.43 bits per heavy atom. The van der Waals surface area contributed by atoms with E-state index in [1.54, 1.807) is 0 Å². The van der Waals surface area contributed by atoms with Crippen molar-refractivity contribution < 1.29 is 4.74 Å². The van der Waals surface area contributed by atoms with Crippen LogP contribution in [0.4, 0.5) is 0 Å². The van der Waals surface area contributed by atoms with Gasteiger partial charge in [-0.1, -0.05) is 45.0 Å². The fourth-order valence-corrected chi connectivity index (χ4v) is 4.74. The van der Waals surface area contributed by atoms with Gasteiger partial charge in [-0.05, 0) is 28.7 Å². The van der Waals surface area contributed by atoms with Crippen LogP contribution in [-0.2, 0) is 16.7 Å². The van der Waals surface area contributed by atoms with Gasteiger partial charge >= 0.3 is 0 Å². The number of rotatable bonds is 3. The highest BCUT2D eigenvalue weighted by molar-refractivity contribution is 7.15. The molecule has 0 N–H and O–H groups in total. The fourth-order valence-electron chi connectivity index (χ4n) is 3.61. The van der Waals surface area contributed by atoms with E-state index in [2.05, 4.69) is 62.1 Å². The molecule has 2 saturated heterocycles. The van der Waals surface area contributed by atoms with Crippen LogP contribution in [0.25, 0.3) is 10.4 Å². The average molecular weight is 327 g/mol. The van der Waals surface area contributed by atoms with E-state index in [-0.39, 0.29) is 5.41 Å². The number of benzene rings is 1. The van der Waals surface area contributed by atoms with E-state index in [9.17, 15) is 0 Å². The van der Waals surface area contributed by atoms with Gasteiger partial charge in [-0.3, -0.25) is 4.90 Å². The maximum atomic E-state index is 5.38. The molecule has 4 rings (SSSR count). The summed E-state index contributed by atoms with van der Waals surface area (Å²) in [5.41, 5.74) is 3.58. The lowest BCUT2D eigenvalue weighted by Gasteiger charge is -2.55. The van der Waals surface area contributed by atoms with Crippen molar-refractivity contribution in [3.05, 3.63) is 46.8 Å². The van der Waals surface area contributed by atoms with E-state index in [0.29, 0.717) is 5.41 Å². The van der Waals surface area contributed by atoms with Gasteiger partial charge in [0.1, 0.15) is 0 Å². The Morgan fingerprint density at radius 1 is 1.09 bits per heavy atom. The lowest BCUT2D eigenvalue weighted by atomic mass is 9.78. The number of hydrogen-bond acceptors (Lipinski definition) is 3. The molecular weight excluding hydrogens is 302 g/mol. The van der Waals surface area contributed by atoms with Crippen LogP contribution < -0.4 is 0 Å². The third-order valence-electron chi connectivity index (χ3n) is 4.96. The molecule has 0 bridgehead atoms. The Hall–Kier alpha value is -1.16. The number of hydrogen-bond donors (Lipinski definition) is 0. The second-order valence-electron chi connectivity index (χ2n) is 8.21. The molecule has 1 aromatic carbocycles. The highest BCUT2D eigenvalue weighted by Crippen LogP contribution is 2.40. The van der Waals surface area contributed by atoms with E-state index in [1.807, 2.05) is 11.3 Å². The predicted molar refractivity (Wildman–Crippen MR) is 97.0 cm³/mol. The molecule has 3 heteroatoms. The van der Waals surface area contributed by atoms with Crippen LogP contribution in [0.2, 0.25) is 0 Å². The molecule has 2 fully saturated rings. The average Bonchev–Trinajstić information content (AvgIpc) is 2.90. The first kappa shape index (κ1) is 15.4. The van der Waals surface area contributed by atoms with Crippen molar-refractivity contribution in [1.82, 2.24) is 4.90 Å². The molecule has 2 nitrogen and oxygen atoms in total.